The summed E-state index contributed by atoms with van der Waals surface area (Å²) in [5.74, 6) is -13.6. The molecular weight excluding hydrogens is 2800 g/mol. The van der Waals surface area contributed by atoms with Gasteiger partial charge in [-0.2, -0.15) is 19.6 Å². The molecule has 656 valence electrons. The number of unbranched alkanes of at least 4 members (excludes halogenated alkanes) is 2. The molecule has 6 unspecified atom stereocenters. The summed E-state index contributed by atoms with van der Waals surface area (Å²) in [6, 6.07) is -8.95. The Bertz CT molecular complexity index is 3200. The summed E-state index contributed by atoms with van der Waals surface area (Å²) in [6.45, 7) is 32.5. The fourth-order valence-corrected chi connectivity index (χ4v) is 12.0. The zero-order valence-corrected chi connectivity index (χ0v) is 102. The Kier molecular flexibility index (Phi) is 76.9. The minimum Gasteiger partial charge on any atom is -0.677 e. The van der Waals surface area contributed by atoms with Gasteiger partial charge >= 0.3 is 0 Å². The van der Waals surface area contributed by atoms with Crippen LogP contribution in [0.1, 0.15) is 221 Å². The van der Waals surface area contributed by atoms with E-state index in [-0.39, 0.29) is 390 Å². The summed E-state index contributed by atoms with van der Waals surface area (Å²) in [4.78, 5) is 185. The molecule has 32 nitrogen and oxygen atoms in total. The Morgan fingerprint density at radius 3 is 1.03 bits per heavy atom. The first-order valence-corrected chi connectivity index (χ1v) is 40.2. The SMILES string of the molecule is C/C=C(/NC(=O)C(O)[C@H](C)CC)C(=O)N[C@@H](CC(C)C)C(=O)N[C@H](CCC[NH-])C(=O)NC(C(=O)N[C@H](C(=O)N[C@H](C(=O)NC(CCCC[NH-])C(=O)N[C@H](C(=O)NC(CC(C)C)C(=O)NC(CCCC[NH-])C(=O)N[C@H](Cc1ccc(O)cc1)C(=O)NC(CC(C)C)C(=O)N[C@H](CO)C(C)C)C(C)C)C(C)C)C(C)C)[C@@H](C)CC.[Ac].[Ac].[Ac].[Ac].[Ac].[Ac]. The van der Waals surface area contributed by atoms with Crippen molar-refractivity contribution in [3.8, 4) is 5.75 Å². The number of aliphatic hydroxyl groups is 2. The number of allylic oxidation sites excluding steroid dienone is 1. The number of phenolic OH excluding ortho intramolecular Hbond substituents is 1. The molecule has 0 aliphatic heterocycles. The number of benzene rings is 1. The van der Waals surface area contributed by atoms with Gasteiger partial charge in [-0.1, -0.05) is 188 Å². The molecule has 0 saturated heterocycles. The van der Waals surface area contributed by atoms with Gasteiger partial charge in [-0.15, -0.1) is 0 Å². The minimum absolute atomic E-state index is 0. The molecular formula is C80H139Ac6N16O16-3. The molecule has 13 amide bonds. The van der Waals surface area contributed by atoms with Crippen LogP contribution in [0.5, 0.6) is 5.75 Å². The Balaban J connectivity index is -0.00000523. The van der Waals surface area contributed by atoms with Crippen molar-refractivity contribution in [3.05, 3.63) is 58.8 Å². The minimum atomic E-state index is -1.41. The Labute approximate surface area is 917 Å². The van der Waals surface area contributed by atoms with Crippen LogP contribution in [0.3, 0.4) is 0 Å². The summed E-state index contributed by atoms with van der Waals surface area (Å²) in [7, 11) is 0. The Hall–Kier alpha value is 0.319. The summed E-state index contributed by atoms with van der Waals surface area (Å²) in [5.41, 5.74) is 23.9. The molecule has 1 rings (SSSR count). The van der Waals surface area contributed by atoms with Gasteiger partial charge in [-0.25, -0.2) is 0 Å². The molecule has 6 radical (unpaired) electrons. The topological polar surface area (TPSA) is 510 Å². The van der Waals surface area contributed by atoms with Gasteiger partial charge in [0, 0.05) is 271 Å². The zero-order valence-electron chi connectivity index (χ0n) is 73.4. The number of nitrogens with one attached hydrogen (secondary N) is 16. The van der Waals surface area contributed by atoms with Crippen LogP contribution in [-0.4, -0.2) is 197 Å². The van der Waals surface area contributed by atoms with E-state index in [4.69, 9.17) is 17.2 Å². The third-order valence-electron chi connectivity index (χ3n) is 19.5. The first-order chi connectivity index (χ1) is 52.6. The van der Waals surface area contributed by atoms with Gasteiger partial charge in [0.15, 0.2) is 0 Å². The van der Waals surface area contributed by atoms with E-state index in [1.165, 1.54) is 25.1 Å². The van der Waals surface area contributed by atoms with Crippen molar-refractivity contribution in [2.75, 3.05) is 26.2 Å². The van der Waals surface area contributed by atoms with Crippen molar-refractivity contribution in [1.29, 1.82) is 0 Å². The molecule has 19 N–H and O–H groups in total. The van der Waals surface area contributed by atoms with Crippen LogP contribution in [0.25, 0.3) is 17.2 Å². The molecule has 0 heterocycles. The van der Waals surface area contributed by atoms with Gasteiger partial charge in [-0.3, -0.25) is 62.3 Å². The fraction of sp³-hybridized carbons (Fsp3) is 0.738. The maximum absolute atomic E-state index is 14.7. The number of amides is 13. The van der Waals surface area contributed by atoms with Crippen molar-refractivity contribution in [2.24, 2.45) is 53.3 Å². The second-order valence-corrected chi connectivity index (χ2v) is 32.2. The van der Waals surface area contributed by atoms with Crippen molar-refractivity contribution in [2.45, 2.75) is 300 Å². The van der Waals surface area contributed by atoms with Crippen LogP contribution >= 0.6 is 0 Å². The molecule has 1 aromatic carbocycles. The maximum atomic E-state index is 14.7. The molecule has 15 atom stereocenters. The van der Waals surface area contributed by atoms with E-state index < -0.39 is 185 Å². The molecule has 118 heavy (non-hydrogen) atoms. The Morgan fingerprint density at radius 1 is 0.364 bits per heavy atom. The van der Waals surface area contributed by atoms with E-state index in [9.17, 15) is 77.6 Å². The second kappa shape index (κ2) is 70.2. The summed E-state index contributed by atoms with van der Waals surface area (Å²) >= 11 is 0. The van der Waals surface area contributed by atoms with Gasteiger partial charge in [0.05, 0.1) is 12.6 Å². The van der Waals surface area contributed by atoms with E-state index in [1.54, 1.807) is 95.2 Å². The van der Waals surface area contributed by atoms with Gasteiger partial charge < -0.3 is 102 Å². The van der Waals surface area contributed by atoms with E-state index in [0.29, 0.717) is 31.2 Å². The molecule has 0 bridgehead atoms. The second-order valence-electron chi connectivity index (χ2n) is 32.2. The smallest absolute Gasteiger partial charge is 0.268 e. The quantitative estimate of drug-likeness (QED) is 0.0292. The van der Waals surface area contributed by atoms with Crippen LogP contribution in [0.2, 0.25) is 0 Å². The third kappa shape index (κ3) is 49.8. The van der Waals surface area contributed by atoms with Gasteiger partial charge in [0.25, 0.3) is 11.8 Å². The van der Waals surface area contributed by atoms with Gasteiger partial charge in [0.1, 0.15) is 84.0 Å². The monoisotopic (exact) mass is 2940 g/mol. The molecule has 0 aromatic heterocycles. The maximum Gasteiger partial charge on any atom is 0.268 e. The van der Waals surface area contributed by atoms with Crippen molar-refractivity contribution < 1.29 is 342 Å². The number of rotatable bonds is 54. The van der Waals surface area contributed by atoms with Crippen LogP contribution in [0.4, 0.5) is 0 Å². The van der Waals surface area contributed by atoms with Crippen LogP contribution in [0.15, 0.2) is 36.0 Å². The van der Waals surface area contributed by atoms with E-state index in [2.05, 4.69) is 69.1 Å². The number of hydrogen-bond donors (Lipinski definition) is 16. The van der Waals surface area contributed by atoms with Crippen molar-refractivity contribution in [1.82, 2.24) is 69.1 Å². The average molecular weight is 2940 g/mol. The van der Waals surface area contributed by atoms with Crippen LogP contribution in [-0.2, 0) is 68.7 Å². The van der Waals surface area contributed by atoms with Crippen LogP contribution in [0, 0.1) is 318 Å². The predicted octanol–water partition coefficient (Wildman–Crippen LogP) is 5.26. The average Bonchev–Trinajstić information content (AvgIpc) is 0.844. The molecule has 0 saturated carbocycles. The zero-order chi connectivity index (χ0) is 85.4. The standard InChI is InChI=1S/C80H139N16O16.6Ac/c1-20-50(18)66(96-71(103)57(30-27-37-83)86-72(104)58(38-43(4)5)88-68(100)54(22-3)84-80(112)67(99)51(19)21-2)79(111)95-65(49(16)17)78(110)94-64(48(14)15)76(108)87-56(29-24-26-36-82)70(102)93-63(47(12)13)77(109)91-60(40-45(8)9)73(105)85-55(28-23-25-35-81)69(101)90-61(41-52-31-33-53(98)34-32-52)75(107)89-59(39-44(6)7)74(106)92-62(42-97)46(10)11;;;;;;/h22,31-34,43-51,55-67,81-83,97-99H,20-21,23-30,35-42H2,1-19H3,(H,84,112)(H,85,105)(H,86,104)(H,87,108)(H,88,100)(H,89,107)(H,90,101)(H,91,109)(H,92,106)(H,93,102)(H,94,110)(H,95,111)(H,96,103);;;;;;/q-3;;;;;;/b54-22+;;;;;;/t50-,51+,55?,56?,57+,58-,59?,60?,61+,62+,63-,64-,65-,66?,67?;;;;;;/m0....../s1. The first-order valence-electron chi connectivity index (χ1n) is 40.2. The molecule has 0 fully saturated rings. The third-order valence-corrected chi connectivity index (χ3v) is 19.5. The molecule has 38 heteroatoms. The largest absolute Gasteiger partial charge is 0.677 e. The number of hydrogen-bond acceptors (Lipinski definition) is 16. The fourth-order valence-electron chi connectivity index (χ4n) is 12.0. The summed E-state index contributed by atoms with van der Waals surface area (Å²) < 4.78 is 0. The number of phenols is 1. The summed E-state index contributed by atoms with van der Waals surface area (Å²) in [5, 5.41) is 66.1. The number of aliphatic hydroxyl groups excluding tert-OH is 2. The molecule has 0 aliphatic rings. The van der Waals surface area contributed by atoms with Crippen LogP contribution < -0.4 is 69.1 Å². The van der Waals surface area contributed by atoms with E-state index in [0.717, 1.165) is 0 Å². The molecule has 0 spiro atoms. The normalized spacial score (nSPS) is 15.0. The van der Waals surface area contributed by atoms with Crippen molar-refractivity contribution in [3.63, 3.8) is 0 Å². The van der Waals surface area contributed by atoms with Gasteiger partial charge in [-0.05, 0) is 116 Å². The van der Waals surface area contributed by atoms with E-state index >= 15 is 0 Å². The molecule has 1 aromatic rings. The van der Waals surface area contributed by atoms with Gasteiger partial charge in [0.2, 0.25) is 65.0 Å². The first kappa shape index (κ1) is 129. The Morgan fingerprint density at radius 2 is 0.669 bits per heavy atom. The summed E-state index contributed by atoms with van der Waals surface area (Å²) in [6.07, 6.45) is 2.24. The number of carbonyl (C=O) groups excluding carboxylic acids is 13. The van der Waals surface area contributed by atoms with E-state index in [1.807, 2.05) is 41.5 Å². The number of aromatic hydroxyl groups is 1. The predicted molar refractivity (Wildman–Crippen MR) is 431 cm³/mol. The van der Waals surface area contributed by atoms with Crippen molar-refractivity contribution >= 4 is 76.8 Å². The molecule has 0 aliphatic carbocycles. The number of carbonyl (C=O) groups is 13.